The van der Waals surface area contributed by atoms with Crippen LogP contribution >= 0.6 is 11.8 Å². The Morgan fingerprint density at radius 1 is 1.20 bits per heavy atom. The largest absolute Gasteiger partial charge is 0.461 e. The molecule has 7 nitrogen and oxygen atoms in total. The van der Waals surface area contributed by atoms with E-state index < -0.39 is 34.6 Å². The highest BCUT2D eigenvalue weighted by Gasteiger charge is 2.77. The molecule has 3 fully saturated rings. The summed E-state index contributed by atoms with van der Waals surface area (Å²) in [6, 6.07) is 12.4. The number of carbonyl (C=O) groups is 3. The molecule has 7 atom stereocenters. The van der Waals surface area contributed by atoms with Crippen LogP contribution in [-0.2, 0) is 19.1 Å². The van der Waals surface area contributed by atoms with E-state index in [0.717, 1.165) is 10.8 Å². The van der Waals surface area contributed by atoms with E-state index >= 15 is 0 Å². The average molecular weight is 563 g/mol. The molecule has 40 heavy (non-hydrogen) atoms. The zero-order valence-corrected chi connectivity index (χ0v) is 24.2. The van der Waals surface area contributed by atoms with Crippen molar-refractivity contribution in [3.63, 3.8) is 0 Å². The van der Waals surface area contributed by atoms with Crippen LogP contribution < -0.4 is 4.90 Å². The van der Waals surface area contributed by atoms with Gasteiger partial charge in [0, 0.05) is 17.5 Å². The molecule has 0 aromatic heterocycles. The van der Waals surface area contributed by atoms with Gasteiger partial charge < -0.3 is 19.6 Å². The molecule has 1 N–H and O–H groups in total. The number of hydrogen-bond acceptors (Lipinski definition) is 6. The van der Waals surface area contributed by atoms with E-state index in [1.54, 1.807) is 27.6 Å². The lowest BCUT2D eigenvalue weighted by molar-refractivity contribution is -0.154. The van der Waals surface area contributed by atoms with E-state index in [4.69, 9.17) is 4.74 Å². The fourth-order valence-electron chi connectivity index (χ4n) is 7.17. The lowest BCUT2D eigenvalue weighted by atomic mass is 9.66. The third kappa shape index (κ3) is 4.27. The topological polar surface area (TPSA) is 87.2 Å². The van der Waals surface area contributed by atoms with Gasteiger partial charge in [0.05, 0.1) is 29.2 Å². The van der Waals surface area contributed by atoms with Gasteiger partial charge in [-0.15, -0.1) is 18.3 Å². The molecule has 0 saturated carbocycles. The van der Waals surface area contributed by atoms with Gasteiger partial charge in [-0.3, -0.25) is 14.4 Å². The van der Waals surface area contributed by atoms with Crippen LogP contribution in [0.4, 0.5) is 5.69 Å². The maximum Gasteiger partial charge on any atom is 0.311 e. The van der Waals surface area contributed by atoms with Crippen LogP contribution in [0.1, 0.15) is 27.2 Å². The second-order valence-electron chi connectivity index (χ2n) is 11.5. The lowest BCUT2D eigenvalue weighted by Gasteiger charge is -2.42. The predicted molar refractivity (Wildman–Crippen MR) is 159 cm³/mol. The normalized spacial score (nSPS) is 29.5. The first-order valence-corrected chi connectivity index (χ1v) is 14.9. The van der Waals surface area contributed by atoms with Gasteiger partial charge in [0.15, 0.2) is 0 Å². The quantitative estimate of drug-likeness (QED) is 0.340. The number of esters is 1. The molecule has 2 aromatic rings. The number of aliphatic hydroxyl groups excluding tert-OH is 1. The minimum atomic E-state index is -0.849. The molecule has 3 unspecified atom stereocenters. The number of hydrogen-bond donors (Lipinski definition) is 1. The number of benzene rings is 2. The Morgan fingerprint density at radius 3 is 2.58 bits per heavy atom. The smallest absolute Gasteiger partial charge is 0.311 e. The third-order valence-electron chi connectivity index (χ3n) is 8.97. The van der Waals surface area contributed by atoms with Crippen LogP contribution in [0.5, 0.6) is 0 Å². The molecule has 212 valence electrons. The predicted octanol–water partition coefficient (Wildman–Crippen LogP) is 4.44. The van der Waals surface area contributed by atoms with Gasteiger partial charge in [0.2, 0.25) is 5.91 Å². The lowest BCUT2D eigenvalue weighted by Crippen LogP contribution is -2.60. The number of amides is 2. The second kappa shape index (κ2) is 11.1. The minimum Gasteiger partial charge on any atom is -0.461 e. The molecule has 2 aromatic carbocycles. The number of thioether (sulfide) groups is 1. The SMILES string of the molecule is C=CCOC(=O)[C@@H]1[C@@H]2CC(C)C3(S2)C(C(=O)N(CC=C)c2ccc4ccccc4c2)N([C@@H](CO)C(C)C)C(=O)[C@H]13. The number of likely N-dealkylation sites (tertiary alicyclic amines) is 1. The zero-order chi connectivity index (χ0) is 28.8. The number of rotatable bonds is 10. The summed E-state index contributed by atoms with van der Waals surface area (Å²) >= 11 is 1.60. The molecular weight excluding hydrogens is 524 g/mol. The van der Waals surface area contributed by atoms with E-state index in [1.165, 1.54) is 6.08 Å². The number of fused-ring (bicyclic) bond motifs is 2. The van der Waals surface area contributed by atoms with Crippen LogP contribution in [0.25, 0.3) is 10.8 Å². The van der Waals surface area contributed by atoms with Gasteiger partial charge in [0.25, 0.3) is 5.91 Å². The van der Waals surface area contributed by atoms with Gasteiger partial charge in [-0.25, -0.2) is 0 Å². The fraction of sp³-hybridized carbons (Fsp3) is 0.469. The van der Waals surface area contributed by atoms with Gasteiger partial charge in [-0.05, 0) is 41.2 Å². The average Bonchev–Trinajstić information content (AvgIpc) is 3.54. The Balaban J connectivity index is 1.64. The molecule has 5 rings (SSSR count). The van der Waals surface area contributed by atoms with Crippen LogP contribution in [0, 0.1) is 23.7 Å². The summed E-state index contributed by atoms with van der Waals surface area (Å²) in [4.78, 5) is 45.9. The van der Waals surface area contributed by atoms with E-state index in [2.05, 4.69) is 20.1 Å². The number of aliphatic hydroxyl groups is 1. The first-order chi connectivity index (χ1) is 19.2. The van der Waals surface area contributed by atoms with Crippen molar-refractivity contribution in [2.24, 2.45) is 23.7 Å². The van der Waals surface area contributed by atoms with Crippen molar-refractivity contribution in [3.05, 3.63) is 67.8 Å². The first-order valence-electron chi connectivity index (χ1n) is 14.0. The molecule has 3 saturated heterocycles. The Bertz CT molecular complexity index is 1340. The van der Waals surface area contributed by atoms with Crippen LogP contribution in [-0.4, -0.2) is 69.6 Å². The van der Waals surface area contributed by atoms with E-state index in [9.17, 15) is 19.5 Å². The third-order valence-corrected chi connectivity index (χ3v) is 11.0. The summed E-state index contributed by atoms with van der Waals surface area (Å²) in [6.07, 6.45) is 3.92. The van der Waals surface area contributed by atoms with Crippen LogP contribution in [0.2, 0.25) is 0 Å². The van der Waals surface area contributed by atoms with E-state index in [0.29, 0.717) is 12.1 Å². The number of anilines is 1. The molecule has 1 spiro atoms. The summed E-state index contributed by atoms with van der Waals surface area (Å²) < 4.78 is 4.67. The van der Waals surface area contributed by atoms with Crippen LogP contribution in [0.3, 0.4) is 0 Å². The Labute approximate surface area is 240 Å². The Kier molecular flexibility index (Phi) is 7.86. The van der Waals surface area contributed by atoms with Crippen molar-refractivity contribution in [2.45, 2.75) is 49.3 Å². The maximum absolute atomic E-state index is 14.9. The first kappa shape index (κ1) is 28.4. The maximum atomic E-state index is 14.9. The van der Waals surface area contributed by atoms with E-state index in [-0.39, 0.29) is 48.7 Å². The molecular formula is C32H38N2O5S. The Hall–Kier alpha value is -3.10. The number of ether oxygens (including phenoxy) is 1. The van der Waals surface area contributed by atoms with Gasteiger partial charge in [-0.1, -0.05) is 69.8 Å². The highest BCUT2D eigenvalue weighted by molar-refractivity contribution is 8.02. The number of nitrogens with zero attached hydrogens (tertiary/aromatic N) is 2. The monoisotopic (exact) mass is 562 g/mol. The van der Waals surface area contributed by atoms with Crippen molar-refractivity contribution < 1.29 is 24.2 Å². The van der Waals surface area contributed by atoms with Gasteiger partial charge in [-0.2, -0.15) is 0 Å². The molecule has 2 bridgehead atoms. The van der Waals surface area contributed by atoms with Crippen LogP contribution in [0.15, 0.2) is 67.8 Å². The van der Waals surface area contributed by atoms with Crippen molar-refractivity contribution in [2.75, 3.05) is 24.7 Å². The van der Waals surface area contributed by atoms with E-state index in [1.807, 2.05) is 56.3 Å². The van der Waals surface area contributed by atoms with Crippen molar-refractivity contribution in [1.29, 1.82) is 0 Å². The molecule has 8 heteroatoms. The summed E-state index contributed by atoms with van der Waals surface area (Å²) in [6.45, 7) is 13.6. The minimum absolute atomic E-state index is 0.00699. The van der Waals surface area contributed by atoms with Gasteiger partial charge in [0.1, 0.15) is 12.6 Å². The summed E-state index contributed by atoms with van der Waals surface area (Å²) in [7, 11) is 0. The molecule has 3 aliphatic rings. The Morgan fingerprint density at radius 2 is 1.93 bits per heavy atom. The highest BCUT2D eigenvalue weighted by Crippen LogP contribution is 2.69. The second-order valence-corrected chi connectivity index (χ2v) is 13.0. The summed E-state index contributed by atoms with van der Waals surface area (Å²) in [5.74, 6) is -2.32. The highest BCUT2D eigenvalue weighted by atomic mass is 32.2. The molecule has 3 heterocycles. The molecule has 3 aliphatic heterocycles. The van der Waals surface area contributed by atoms with Crippen molar-refractivity contribution in [3.8, 4) is 0 Å². The van der Waals surface area contributed by atoms with Crippen molar-refractivity contribution in [1.82, 2.24) is 4.90 Å². The van der Waals surface area contributed by atoms with Crippen molar-refractivity contribution >= 4 is 46.0 Å². The number of carbonyl (C=O) groups excluding carboxylic acids is 3. The summed E-state index contributed by atoms with van der Waals surface area (Å²) in [5.41, 5.74) is 0.716. The summed E-state index contributed by atoms with van der Waals surface area (Å²) in [5, 5.41) is 12.4. The zero-order valence-electron chi connectivity index (χ0n) is 23.4. The standard InChI is InChI=1S/C32H38N2O5S/c1-6-14-33(23-13-12-21-10-8-9-11-22(21)17-23)30(37)28-32-20(5)16-25(40-32)26(31(38)39-15-7-2)27(32)29(36)34(28)24(18-35)19(3)4/h6-13,17,19-20,24-28,35H,1-2,14-16,18H2,3-5H3/t20?,24-,25-,26+,27-,28?,32?/m0/s1. The molecule has 2 amide bonds. The van der Waals surface area contributed by atoms with Gasteiger partial charge >= 0.3 is 5.97 Å². The molecule has 0 radical (unpaired) electrons. The fourth-order valence-corrected chi connectivity index (χ4v) is 9.56. The molecule has 0 aliphatic carbocycles.